The number of carbonyl (C=O) groups excluding carboxylic acids is 1. The normalized spacial score (nSPS) is 18.0. The molecule has 1 unspecified atom stereocenters. The van der Waals surface area contributed by atoms with Crippen LogP contribution < -0.4 is 0 Å². The summed E-state index contributed by atoms with van der Waals surface area (Å²) in [5.41, 5.74) is 2.55. The average molecular weight is 310 g/mol. The minimum absolute atomic E-state index is 0.0620. The number of aromatic nitrogens is 5. The first-order valence-electron chi connectivity index (χ1n) is 7.80. The van der Waals surface area contributed by atoms with Crippen LogP contribution in [0.4, 0.5) is 0 Å². The fourth-order valence-corrected chi connectivity index (χ4v) is 3.20. The third-order valence-electron chi connectivity index (χ3n) is 4.34. The smallest absolute Gasteiger partial charge is 0.255 e. The van der Waals surface area contributed by atoms with Crippen LogP contribution in [0, 0.1) is 6.92 Å². The van der Waals surface area contributed by atoms with Crippen LogP contribution in [0.5, 0.6) is 0 Å². The van der Waals surface area contributed by atoms with Gasteiger partial charge in [-0.05, 0) is 37.5 Å². The topological polar surface area (TPSA) is 68.3 Å². The molecule has 0 bridgehead atoms. The first kappa shape index (κ1) is 13.9. The maximum Gasteiger partial charge on any atom is 0.255 e. The number of hydrogen-bond donors (Lipinski definition) is 0. The number of amides is 1. The third kappa shape index (κ3) is 2.58. The Morgan fingerprint density at radius 3 is 3.09 bits per heavy atom. The number of likely N-dealkylation sites (tertiary alicyclic amines) is 1. The van der Waals surface area contributed by atoms with Crippen LogP contribution in [0.2, 0.25) is 0 Å². The van der Waals surface area contributed by atoms with Crippen molar-refractivity contribution in [3.05, 3.63) is 48.2 Å². The molecule has 0 spiro atoms. The lowest BCUT2D eigenvalue weighted by molar-refractivity contribution is 0.0721. The van der Waals surface area contributed by atoms with Gasteiger partial charge in [-0.25, -0.2) is 0 Å². The van der Waals surface area contributed by atoms with Crippen molar-refractivity contribution in [2.75, 3.05) is 6.54 Å². The summed E-state index contributed by atoms with van der Waals surface area (Å²) in [7, 11) is 0. The molecule has 7 heteroatoms. The highest BCUT2D eigenvalue weighted by molar-refractivity contribution is 5.94. The van der Waals surface area contributed by atoms with E-state index in [-0.39, 0.29) is 11.9 Å². The van der Waals surface area contributed by atoms with Gasteiger partial charge in [-0.15, -0.1) is 10.2 Å². The molecule has 118 valence electrons. The molecular formula is C16H18N6O. The summed E-state index contributed by atoms with van der Waals surface area (Å²) in [4.78, 5) is 14.8. The van der Waals surface area contributed by atoms with Crippen LogP contribution >= 0.6 is 0 Å². The Morgan fingerprint density at radius 1 is 1.35 bits per heavy atom. The SMILES string of the molecule is Cc1cnn(CC2CCCN2C(=O)c2ccc3nncn3c2)c1. The molecule has 1 aliphatic heterocycles. The molecular weight excluding hydrogens is 292 g/mol. The van der Waals surface area contributed by atoms with E-state index >= 15 is 0 Å². The summed E-state index contributed by atoms with van der Waals surface area (Å²) < 4.78 is 3.70. The molecule has 1 amide bonds. The first-order valence-corrected chi connectivity index (χ1v) is 7.80. The zero-order valence-corrected chi connectivity index (χ0v) is 13.0. The third-order valence-corrected chi connectivity index (χ3v) is 4.34. The van der Waals surface area contributed by atoms with Gasteiger partial charge in [0.1, 0.15) is 6.33 Å². The monoisotopic (exact) mass is 310 g/mol. The van der Waals surface area contributed by atoms with Gasteiger partial charge in [0.05, 0.1) is 24.3 Å². The second kappa shape index (κ2) is 5.49. The molecule has 3 aromatic heterocycles. The molecule has 1 fully saturated rings. The molecule has 0 aromatic carbocycles. The largest absolute Gasteiger partial charge is 0.334 e. The lowest BCUT2D eigenvalue weighted by Crippen LogP contribution is -2.38. The summed E-state index contributed by atoms with van der Waals surface area (Å²) in [6.45, 7) is 3.56. The van der Waals surface area contributed by atoms with E-state index in [9.17, 15) is 4.79 Å². The van der Waals surface area contributed by atoms with Crippen molar-refractivity contribution in [3.8, 4) is 0 Å². The molecule has 0 aliphatic carbocycles. The van der Waals surface area contributed by atoms with Gasteiger partial charge >= 0.3 is 0 Å². The van der Waals surface area contributed by atoms with Crippen molar-refractivity contribution in [1.82, 2.24) is 29.3 Å². The summed E-state index contributed by atoms with van der Waals surface area (Å²) in [5.74, 6) is 0.0620. The van der Waals surface area contributed by atoms with Gasteiger partial charge in [0.15, 0.2) is 5.65 Å². The zero-order valence-electron chi connectivity index (χ0n) is 13.0. The molecule has 4 heterocycles. The van der Waals surface area contributed by atoms with Crippen molar-refractivity contribution in [3.63, 3.8) is 0 Å². The fourth-order valence-electron chi connectivity index (χ4n) is 3.20. The summed E-state index contributed by atoms with van der Waals surface area (Å²) in [6, 6.07) is 3.83. The summed E-state index contributed by atoms with van der Waals surface area (Å²) in [5, 5.41) is 12.2. The minimum Gasteiger partial charge on any atom is -0.334 e. The zero-order chi connectivity index (χ0) is 15.8. The van der Waals surface area contributed by atoms with Crippen LogP contribution in [0.3, 0.4) is 0 Å². The molecule has 1 aliphatic rings. The van der Waals surface area contributed by atoms with Crippen molar-refractivity contribution >= 4 is 11.6 Å². The van der Waals surface area contributed by atoms with E-state index in [1.54, 1.807) is 16.9 Å². The van der Waals surface area contributed by atoms with E-state index in [1.165, 1.54) is 0 Å². The second-order valence-electron chi connectivity index (χ2n) is 6.05. The number of fused-ring (bicyclic) bond motifs is 1. The first-order chi connectivity index (χ1) is 11.2. The number of hydrogen-bond acceptors (Lipinski definition) is 4. The lowest BCUT2D eigenvalue weighted by Gasteiger charge is -2.24. The van der Waals surface area contributed by atoms with Gasteiger partial charge in [-0.1, -0.05) is 0 Å². The Hall–Kier alpha value is -2.70. The highest BCUT2D eigenvalue weighted by Crippen LogP contribution is 2.21. The molecule has 7 nitrogen and oxygen atoms in total. The standard InChI is InChI=1S/C16H18N6O/c1-12-7-18-21(8-12)10-14-3-2-6-22(14)16(23)13-4-5-15-19-17-11-20(15)9-13/h4-5,7-9,11,14H,2-3,6,10H2,1H3. The molecule has 3 aromatic rings. The number of pyridine rings is 1. The summed E-state index contributed by atoms with van der Waals surface area (Å²) >= 11 is 0. The Bertz CT molecular complexity index is 851. The van der Waals surface area contributed by atoms with Gasteiger partial charge < -0.3 is 4.90 Å². The number of carbonyl (C=O) groups is 1. The molecule has 1 saturated heterocycles. The minimum atomic E-state index is 0.0620. The fraction of sp³-hybridized carbons (Fsp3) is 0.375. The van der Waals surface area contributed by atoms with Crippen molar-refractivity contribution < 1.29 is 4.79 Å². The van der Waals surface area contributed by atoms with E-state index < -0.39 is 0 Å². The molecule has 0 saturated carbocycles. The number of aryl methyl sites for hydroxylation is 1. The maximum atomic E-state index is 12.9. The summed E-state index contributed by atoms with van der Waals surface area (Å²) in [6.07, 6.45) is 9.32. The van der Waals surface area contributed by atoms with Gasteiger partial charge in [-0.3, -0.25) is 13.9 Å². The Kier molecular flexibility index (Phi) is 3.33. The van der Waals surface area contributed by atoms with E-state index in [2.05, 4.69) is 15.3 Å². The van der Waals surface area contributed by atoms with Gasteiger partial charge in [0.2, 0.25) is 0 Å². The van der Waals surface area contributed by atoms with Crippen LogP contribution in [0.15, 0.2) is 37.1 Å². The molecule has 23 heavy (non-hydrogen) atoms. The maximum absolute atomic E-state index is 12.9. The quantitative estimate of drug-likeness (QED) is 0.736. The van der Waals surface area contributed by atoms with Crippen molar-refractivity contribution in [2.24, 2.45) is 0 Å². The second-order valence-corrected chi connectivity index (χ2v) is 6.05. The van der Waals surface area contributed by atoms with Gasteiger partial charge in [0.25, 0.3) is 5.91 Å². The Morgan fingerprint density at radius 2 is 2.26 bits per heavy atom. The number of rotatable bonds is 3. The van der Waals surface area contributed by atoms with E-state index in [0.29, 0.717) is 5.56 Å². The highest BCUT2D eigenvalue weighted by Gasteiger charge is 2.30. The Balaban J connectivity index is 1.56. The lowest BCUT2D eigenvalue weighted by atomic mass is 10.2. The predicted octanol–water partition coefficient (Wildman–Crippen LogP) is 1.54. The average Bonchev–Trinajstić information content (AvgIpc) is 3.27. The highest BCUT2D eigenvalue weighted by atomic mass is 16.2. The number of nitrogens with zero attached hydrogens (tertiary/aromatic N) is 6. The van der Waals surface area contributed by atoms with Crippen LogP contribution in [0.1, 0.15) is 28.8 Å². The molecule has 1 atom stereocenters. The molecule has 4 rings (SSSR count). The van der Waals surface area contributed by atoms with E-state index in [0.717, 1.165) is 37.1 Å². The van der Waals surface area contributed by atoms with Crippen LogP contribution in [-0.2, 0) is 6.54 Å². The van der Waals surface area contributed by atoms with E-state index in [4.69, 9.17) is 0 Å². The van der Waals surface area contributed by atoms with Gasteiger partial charge in [-0.2, -0.15) is 5.10 Å². The van der Waals surface area contributed by atoms with Crippen molar-refractivity contribution in [2.45, 2.75) is 32.4 Å². The van der Waals surface area contributed by atoms with E-state index in [1.807, 2.05) is 41.0 Å². The van der Waals surface area contributed by atoms with Crippen LogP contribution in [0.25, 0.3) is 5.65 Å². The molecule has 0 radical (unpaired) electrons. The van der Waals surface area contributed by atoms with Crippen molar-refractivity contribution in [1.29, 1.82) is 0 Å². The van der Waals surface area contributed by atoms with Gasteiger partial charge in [0, 0.05) is 18.9 Å². The molecule has 0 N–H and O–H groups in total. The van der Waals surface area contributed by atoms with Crippen LogP contribution in [-0.4, -0.2) is 47.8 Å². The predicted molar refractivity (Wildman–Crippen MR) is 84.0 cm³/mol. The Labute approximate surface area is 133 Å².